The predicted octanol–water partition coefficient (Wildman–Crippen LogP) is 3.15. The molecule has 5 nitrogen and oxygen atoms in total. The Morgan fingerprint density at radius 1 is 1.42 bits per heavy atom. The number of aromatic nitrogens is 2. The van der Waals surface area contributed by atoms with Crippen molar-refractivity contribution >= 4 is 17.5 Å². The molecule has 1 N–H and O–H groups in total. The van der Waals surface area contributed by atoms with Gasteiger partial charge in [-0.3, -0.25) is 4.79 Å². The summed E-state index contributed by atoms with van der Waals surface area (Å²) < 4.78 is 1.64. The van der Waals surface area contributed by atoms with E-state index in [1.165, 1.54) is 0 Å². The molecule has 3 rings (SSSR count). The van der Waals surface area contributed by atoms with Crippen LogP contribution in [0.25, 0.3) is 5.69 Å². The summed E-state index contributed by atoms with van der Waals surface area (Å²) in [5.74, 6) is 0.0803. The standard InChI is InChI=1S/C18H22ClN3O2/c1-21(11-13-5-2-3-8-17(13)23)18(24)14-10-20-22(12-14)16-7-4-6-15(19)9-16/h4,6-7,9-10,12-13,17,23H,2-3,5,8,11H2,1H3. The van der Waals surface area contributed by atoms with E-state index >= 15 is 0 Å². The number of halogens is 1. The molecule has 1 heterocycles. The van der Waals surface area contributed by atoms with Gasteiger partial charge in [-0.15, -0.1) is 0 Å². The minimum Gasteiger partial charge on any atom is -0.393 e. The van der Waals surface area contributed by atoms with Gasteiger partial charge in [0.2, 0.25) is 0 Å². The number of carbonyl (C=O) groups is 1. The third-order valence-electron chi connectivity index (χ3n) is 4.63. The van der Waals surface area contributed by atoms with Gasteiger partial charge in [-0.2, -0.15) is 5.10 Å². The molecule has 1 aromatic heterocycles. The number of aliphatic hydroxyl groups is 1. The third-order valence-corrected chi connectivity index (χ3v) is 4.86. The zero-order valence-corrected chi connectivity index (χ0v) is 14.5. The second-order valence-electron chi connectivity index (χ2n) is 6.45. The van der Waals surface area contributed by atoms with Crippen LogP contribution in [0, 0.1) is 5.92 Å². The van der Waals surface area contributed by atoms with E-state index in [1.807, 2.05) is 12.1 Å². The Labute approximate surface area is 146 Å². The predicted molar refractivity (Wildman–Crippen MR) is 93.5 cm³/mol. The van der Waals surface area contributed by atoms with Gasteiger partial charge in [-0.05, 0) is 31.0 Å². The van der Waals surface area contributed by atoms with Gasteiger partial charge in [0.15, 0.2) is 0 Å². The second kappa shape index (κ2) is 7.36. The zero-order chi connectivity index (χ0) is 17.1. The molecule has 0 aliphatic heterocycles. The molecule has 0 radical (unpaired) electrons. The molecule has 128 valence electrons. The van der Waals surface area contributed by atoms with E-state index < -0.39 is 0 Å². The summed E-state index contributed by atoms with van der Waals surface area (Å²) in [7, 11) is 1.78. The number of carbonyl (C=O) groups excluding carboxylic acids is 1. The van der Waals surface area contributed by atoms with Crippen LogP contribution in [0.4, 0.5) is 0 Å². The van der Waals surface area contributed by atoms with Gasteiger partial charge in [0.1, 0.15) is 0 Å². The number of hydrogen-bond donors (Lipinski definition) is 1. The van der Waals surface area contributed by atoms with E-state index in [9.17, 15) is 9.90 Å². The summed E-state index contributed by atoms with van der Waals surface area (Å²) in [6.07, 6.45) is 6.97. The largest absolute Gasteiger partial charge is 0.393 e. The molecule has 24 heavy (non-hydrogen) atoms. The van der Waals surface area contributed by atoms with E-state index in [0.29, 0.717) is 17.1 Å². The number of rotatable bonds is 4. The van der Waals surface area contributed by atoms with Gasteiger partial charge in [0.25, 0.3) is 5.91 Å². The highest BCUT2D eigenvalue weighted by atomic mass is 35.5. The third kappa shape index (κ3) is 3.79. The topological polar surface area (TPSA) is 58.4 Å². The number of aliphatic hydroxyl groups excluding tert-OH is 1. The minimum atomic E-state index is -0.303. The maximum absolute atomic E-state index is 12.6. The molecule has 2 aromatic rings. The summed E-state index contributed by atoms with van der Waals surface area (Å²) in [5, 5.41) is 15.0. The van der Waals surface area contributed by atoms with E-state index in [2.05, 4.69) is 5.10 Å². The van der Waals surface area contributed by atoms with Crippen LogP contribution >= 0.6 is 11.6 Å². The molecule has 1 aromatic carbocycles. The maximum Gasteiger partial charge on any atom is 0.256 e. The molecule has 1 aliphatic rings. The molecule has 1 saturated carbocycles. The Morgan fingerprint density at radius 3 is 2.96 bits per heavy atom. The molecule has 1 fully saturated rings. The van der Waals surface area contributed by atoms with Crippen LogP contribution in [0.1, 0.15) is 36.0 Å². The highest BCUT2D eigenvalue weighted by Crippen LogP contribution is 2.25. The summed E-state index contributed by atoms with van der Waals surface area (Å²) in [6, 6.07) is 7.32. The molecule has 1 aliphatic carbocycles. The monoisotopic (exact) mass is 347 g/mol. The van der Waals surface area contributed by atoms with Crippen molar-refractivity contribution in [3.63, 3.8) is 0 Å². The fraction of sp³-hybridized carbons (Fsp3) is 0.444. The van der Waals surface area contributed by atoms with Gasteiger partial charge >= 0.3 is 0 Å². The zero-order valence-electron chi connectivity index (χ0n) is 13.7. The summed E-state index contributed by atoms with van der Waals surface area (Å²) in [4.78, 5) is 14.3. The summed E-state index contributed by atoms with van der Waals surface area (Å²) >= 11 is 6.00. The lowest BCUT2D eigenvalue weighted by Gasteiger charge is -2.31. The molecule has 2 unspecified atom stereocenters. The first-order chi connectivity index (χ1) is 11.5. The molecule has 0 bridgehead atoms. The molecule has 0 saturated heterocycles. The smallest absolute Gasteiger partial charge is 0.256 e. The first-order valence-electron chi connectivity index (χ1n) is 8.29. The van der Waals surface area contributed by atoms with Gasteiger partial charge in [-0.1, -0.05) is 30.5 Å². The van der Waals surface area contributed by atoms with Crippen molar-refractivity contribution in [2.45, 2.75) is 31.8 Å². The molecule has 0 spiro atoms. The van der Waals surface area contributed by atoms with Crippen LogP contribution in [0.5, 0.6) is 0 Å². The quantitative estimate of drug-likeness (QED) is 0.924. The van der Waals surface area contributed by atoms with Crippen LogP contribution < -0.4 is 0 Å². The molecule has 1 amide bonds. The SMILES string of the molecule is CN(CC1CCCCC1O)C(=O)c1cnn(-c2cccc(Cl)c2)c1. The number of nitrogens with zero attached hydrogens (tertiary/aromatic N) is 3. The Morgan fingerprint density at radius 2 is 2.21 bits per heavy atom. The normalized spacial score (nSPS) is 20.8. The number of benzene rings is 1. The second-order valence-corrected chi connectivity index (χ2v) is 6.89. The fourth-order valence-corrected chi connectivity index (χ4v) is 3.43. The number of amides is 1. The van der Waals surface area contributed by atoms with E-state index in [4.69, 9.17) is 11.6 Å². The minimum absolute atomic E-state index is 0.0824. The molecular formula is C18H22ClN3O2. The first kappa shape index (κ1) is 17.0. The lowest BCUT2D eigenvalue weighted by atomic mass is 9.86. The van der Waals surface area contributed by atoms with Crippen LogP contribution in [-0.4, -0.2) is 45.4 Å². The highest BCUT2D eigenvalue weighted by molar-refractivity contribution is 6.30. The maximum atomic E-state index is 12.6. The van der Waals surface area contributed by atoms with Crippen LogP contribution in [0.2, 0.25) is 5.02 Å². The molecule has 2 atom stereocenters. The number of hydrogen-bond acceptors (Lipinski definition) is 3. The fourth-order valence-electron chi connectivity index (χ4n) is 3.25. The van der Waals surface area contributed by atoms with E-state index in [1.54, 1.807) is 41.2 Å². The molecule has 6 heteroatoms. The lowest BCUT2D eigenvalue weighted by Crippen LogP contribution is -2.38. The van der Waals surface area contributed by atoms with E-state index in [-0.39, 0.29) is 17.9 Å². The Hall–Kier alpha value is -1.85. The van der Waals surface area contributed by atoms with Crippen molar-refractivity contribution in [1.29, 1.82) is 0 Å². The van der Waals surface area contributed by atoms with Gasteiger partial charge in [0, 0.05) is 30.7 Å². The van der Waals surface area contributed by atoms with Crippen molar-refractivity contribution in [1.82, 2.24) is 14.7 Å². The lowest BCUT2D eigenvalue weighted by molar-refractivity contribution is 0.0451. The van der Waals surface area contributed by atoms with Crippen molar-refractivity contribution in [3.8, 4) is 5.69 Å². The van der Waals surface area contributed by atoms with Gasteiger partial charge < -0.3 is 10.0 Å². The first-order valence-corrected chi connectivity index (χ1v) is 8.66. The summed E-state index contributed by atoms with van der Waals surface area (Å²) in [5.41, 5.74) is 1.34. The van der Waals surface area contributed by atoms with Gasteiger partial charge in [0.05, 0.1) is 23.6 Å². The van der Waals surface area contributed by atoms with Crippen molar-refractivity contribution < 1.29 is 9.90 Å². The molecular weight excluding hydrogens is 326 g/mol. The van der Waals surface area contributed by atoms with Gasteiger partial charge in [-0.25, -0.2) is 4.68 Å². The average molecular weight is 348 g/mol. The van der Waals surface area contributed by atoms with Crippen molar-refractivity contribution in [3.05, 3.63) is 47.2 Å². The highest BCUT2D eigenvalue weighted by Gasteiger charge is 2.26. The Bertz CT molecular complexity index is 716. The average Bonchev–Trinajstić information content (AvgIpc) is 3.06. The van der Waals surface area contributed by atoms with Crippen LogP contribution in [0.3, 0.4) is 0 Å². The van der Waals surface area contributed by atoms with Crippen molar-refractivity contribution in [2.24, 2.45) is 5.92 Å². The Kier molecular flexibility index (Phi) is 5.21. The summed E-state index contributed by atoms with van der Waals surface area (Å²) in [6.45, 7) is 0.572. The Balaban J connectivity index is 1.69. The van der Waals surface area contributed by atoms with Crippen LogP contribution in [0.15, 0.2) is 36.7 Å². The van der Waals surface area contributed by atoms with Crippen LogP contribution in [-0.2, 0) is 0 Å². The van der Waals surface area contributed by atoms with Crippen molar-refractivity contribution in [2.75, 3.05) is 13.6 Å². The van der Waals surface area contributed by atoms with E-state index in [0.717, 1.165) is 31.4 Å².